The van der Waals surface area contributed by atoms with Crippen molar-refractivity contribution in [3.05, 3.63) is 102 Å². The number of hydrogen-bond acceptors (Lipinski definition) is 4. The smallest absolute Gasteiger partial charge is 0.264 e. The van der Waals surface area contributed by atoms with Crippen LogP contribution in [0.3, 0.4) is 0 Å². The van der Waals surface area contributed by atoms with Gasteiger partial charge < -0.3 is 10.1 Å². The number of nitrogens with zero attached hydrogens (tertiary/aromatic N) is 1. The van der Waals surface area contributed by atoms with E-state index in [9.17, 15) is 13.2 Å². The molecule has 0 heterocycles. The van der Waals surface area contributed by atoms with Crippen molar-refractivity contribution in [3.8, 4) is 5.75 Å². The minimum Gasteiger partial charge on any atom is -0.492 e. The molecule has 4 aromatic carbocycles. The summed E-state index contributed by atoms with van der Waals surface area (Å²) >= 11 is 6.08. The molecule has 0 aliphatic carbocycles. The fourth-order valence-electron chi connectivity index (χ4n) is 3.47. The van der Waals surface area contributed by atoms with Crippen LogP contribution in [-0.4, -0.2) is 34.0 Å². The topological polar surface area (TPSA) is 75.7 Å². The van der Waals surface area contributed by atoms with Gasteiger partial charge in [-0.2, -0.15) is 0 Å². The van der Waals surface area contributed by atoms with Crippen LogP contribution in [0.25, 0.3) is 10.8 Å². The van der Waals surface area contributed by atoms with Crippen molar-refractivity contribution >= 4 is 44.0 Å². The lowest BCUT2D eigenvalue weighted by Crippen LogP contribution is -2.41. The number of nitrogens with one attached hydrogen (secondary N) is 1. The number of carbonyl (C=O) groups excluding carboxylic acids is 1. The number of anilines is 1. The highest BCUT2D eigenvalue weighted by Gasteiger charge is 2.27. The molecule has 0 aliphatic rings. The summed E-state index contributed by atoms with van der Waals surface area (Å²) < 4.78 is 33.4. The van der Waals surface area contributed by atoms with Crippen LogP contribution in [0.5, 0.6) is 5.75 Å². The van der Waals surface area contributed by atoms with E-state index < -0.39 is 22.5 Å². The standard InChI is InChI=1S/C26H23ClN2O4S/c27-22-9-6-10-23(18-22)29(34(31,32)25-11-2-1-3-12-25)19-26(30)28-15-16-33-24-14-13-20-7-4-5-8-21(20)17-24/h1-14,17-18H,15-16,19H2,(H,28,30). The lowest BCUT2D eigenvalue weighted by atomic mass is 10.1. The summed E-state index contributed by atoms with van der Waals surface area (Å²) in [6, 6.07) is 28.1. The Kier molecular flexibility index (Phi) is 7.35. The van der Waals surface area contributed by atoms with Crippen LogP contribution < -0.4 is 14.4 Å². The third kappa shape index (κ3) is 5.68. The molecule has 8 heteroatoms. The molecule has 0 fully saturated rings. The summed E-state index contributed by atoms with van der Waals surface area (Å²) in [5.41, 5.74) is 0.305. The molecule has 0 saturated carbocycles. The van der Waals surface area contributed by atoms with Gasteiger partial charge in [-0.05, 0) is 53.2 Å². The van der Waals surface area contributed by atoms with E-state index in [0.717, 1.165) is 15.1 Å². The first-order valence-corrected chi connectivity index (χ1v) is 12.5. The molecular formula is C26H23ClN2O4S. The van der Waals surface area contributed by atoms with Crippen LogP contribution in [0, 0.1) is 0 Å². The second-order valence-corrected chi connectivity index (χ2v) is 9.81. The number of sulfonamides is 1. The first-order chi connectivity index (χ1) is 16.4. The van der Waals surface area contributed by atoms with Crippen molar-refractivity contribution < 1.29 is 17.9 Å². The molecule has 1 amide bonds. The second kappa shape index (κ2) is 10.6. The maximum absolute atomic E-state index is 13.3. The average molecular weight is 495 g/mol. The Morgan fingerprint density at radius 1 is 0.853 bits per heavy atom. The zero-order valence-corrected chi connectivity index (χ0v) is 19.8. The highest BCUT2D eigenvalue weighted by molar-refractivity contribution is 7.92. The number of carbonyl (C=O) groups is 1. The van der Waals surface area contributed by atoms with Gasteiger partial charge in [0.1, 0.15) is 18.9 Å². The van der Waals surface area contributed by atoms with Gasteiger partial charge in [0, 0.05) is 5.02 Å². The van der Waals surface area contributed by atoms with E-state index in [4.69, 9.17) is 16.3 Å². The Balaban J connectivity index is 1.41. The molecule has 0 saturated heterocycles. The number of ether oxygens (including phenoxy) is 1. The van der Waals surface area contributed by atoms with Crippen LogP contribution in [0.1, 0.15) is 0 Å². The molecule has 0 radical (unpaired) electrons. The molecule has 4 rings (SSSR count). The Bertz CT molecular complexity index is 1390. The van der Waals surface area contributed by atoms with Crippen molar-refractivity contribution in [1.82, 2.24) is 5.32 Å². The number of rotatable bonds is 9. The number of halogens is 1. The molecule has 174 valence electrons. The van der Waals surface area contributed by atoms with Crippen LogP contribution in [0.15, 0.2) is 102 Å². The van der Waals surface area contributed by atoms with Gasteiger partial charge in [0.25, 0.3) is 10.0 Å². The third-order valence-corrected chi connectivity index (χ3v) is 7.15. The van der Waals surface area contributed by atoms with Crippen molar-refractivity contribution in [3.63, 3.8) is 0 Å². The molecule has 1 N–H and O–H groups in total. The molecule has 0 bridgehead atoms. The normalized spacial score (nSPS) is 11.2. The minimum absolute atomic E-state index is 0.0856. The molecule has 4 aromatic rings. The maximum atomic E-state index is 13.3. The summed E-state index contributed by atoms with van der Waals surface area (Å²) in [4.78, 5) is 12.8. The fraction of sp³-hybridized carbons (Fsp3) is 0.115. The van der Waals surface area contributed by atoms with Gasteiger partial charge in [-0.15, -0.1) is 0 Å². The third-order valence-electron chi connectivity index (χ3n) is 5.13. The largest absolute Gasteiger partial charge is 0.492 e. The highest BCUT2D eigenvalue weighted by Crippen LogP contribution is 2.26. The number of benzene rings is 4. The van der Waals surface area contributed by atoms with E-state index in [2.05, 4.69) is 5.32 Å². The van der Waals surface area contributed by atoms with E-state index in [1.54, 1.807) is 36.4 Å². The van der Waals surface area contributed by atoms with E-state index in [1.807, 2.05) is 42.5 Å². The average Bonchev–Trinajstić information content (AvgIpc) is 2.85. The predicted octanol–water partition coefficient (Wildman–Crippen LogP) is 4.88. The van der Waals surface area contributed by atoms with Gasteiger partial charge in [0.2, 0.25) is 5.91 Å². The van der Waals surface area contributed by atoms with Gasteiger partial charge in [0.15, 0.2) is 0 Å². The van der Waals surface area contributed by atoms with Crippen molar-refractivity contribution in [2.45, 2.75) is 4.90 Å². The van der Waals surface area contributed by atoms with E-state index >= 15 is 0 Å². The Hall–Kier alpha value is -3.55. The Morgan fingerprint density at radius 2 is 1.59 bits per heavy atom. The number of fused-ring (bicyclic) bond motifs is 1. The molecule has 34 heavy (non-hydrogen) atoms. The first kappa shape index (κ1) is 23.6. The second-order valence-electron chi connectivity index (χ2n) is 7.51. The molecule has 0 atom stereocenters. The fourth-order valence-corrected chi connectivity index (χ4v) is 5.09. The Labute approximate surface area is 203 Å². The van der Waals surface area contributed by atoms with Gasteiger partial charge in [-0.1, -0.05) is 66.2 Å². The van der Waals surface area contributed by atoms with Crippen LogP contribution >= 0.6 is 11.6 Å². The van der Waals surface area contributed by atoms with Gasteiger partial charge in [-0.3, -0.25) is 9.10 Å². The zero-order chi connectivity index (χ0) is 24.0. The molecule has 0 spiro atoms. The van der Waals surface area contributed by atoms with Crippen molar-refractivity contribution in [1.29, 1.82) is 0 Å². The minimum atomic E-state index is -3.98. The quantitative estimate of drug-likeness (QED) is 0.336. The van der Waals surface area contributed by atoms with Crippen LogP contribution in [0.2, 0.25) is 5.02 Å². The van der Waals surface area contributed by atoms with Crippen molar-refractivity contribution in [2.75, 3.05) is 24.0 Å². The number of amides is 1. The summed E-state index contributed by atoms with van der Waals surface area (Å²) in [5.74, 6) is 0.238. The predicted molar refractivity (Wildman–Crippen MR) is 135 cm³/mol. The molecule has 0 unspecified atom stereocenters. The van der Waals surface area contributed by atoms with E-state index in [0.29, 0.717) is 16.5 Å². The van der Waals surface area contributed by atoms with Gasteiger partial charge >= 0.3 is 0 Å². The molecule has 0 aromatic heterocycles. The summed E-state index contributed by atoms with van der Waals surface area (Å²) in [7, 11) is -3.98. The zero-order valence-electron chi connectivity index (χ0n) is 18.2. The number of hydrogen-bond donors (Lipinski definition) is 1. The maximum Gasteiger partial charge on any atom is 0.264 e. The van der Waals surface area contributed by atoms with Crippen LogP contribution in [0.4, 0.5) is 5.69 Å². The first-order valence-electron chi connectivity index (χ1n) is 10.7. The monoisotopic (exact) mass is 494 g/mol. The molecule has 0 aliphatic heterocycles. The SMILES string of the molecule is O=C(CN(c1cccc(Cl)c1)S(=O)(=O)c1ccccc1)NCCOc1ccc2ccccc2c1. The summed E-state index contributed by atoms with van der Waals surface area (Å²) in [5, 5.41) is 5.27. The van der Waals surface area contributed by atoms with Gasteiger partial charge in [0.05, 0.1) is 17.1 Å². The van der Waals surface area contributed by atoms with E-state index in [-0.39, 0.29) is 18.0 Å². The van der Waals surface area contributed by atoms with Gasteiger partial charge in [-0.25, -0.2) is 8.42 Å². The highest BCUT2D eigenvalue weighted by atomic mass is 35.5. The lowest BCUT2D eigenvalue weighted by Gasteiger charge is -2.24. The van der Waals surface area contributed by atoms with Crippen molar-refractivity contribution in [2.24, 2.45) is 0 Å². The summed E-state index contributed by atoms with van der Waals surface area (Å²) in [6.07, 6.45) is 0. The van der Waals surface area contributed by atoms with Crippen LogP contribution in [-0.2, 0) is 14.8 Å². The van der Waals surface area contributed by atoms with E-state index in [1.165, 1.54) is 18.2 Å². The molecule has 6 nitrogen and oxygen atoms in total. The molecular weight excluding hydrogens is 472 g/mol. The Morgan fingerprint density at radius 3 is 2.35 bits per heavy atom. The lowest BCUT2D eigenvalue weighted by molar-refractivity contribution is -0.119. The summed E-state index contributed by atoms with van der Waals surface area (Å²) in [6.45, 7) is 0.0701.